The van der Waals surface area contributed by atoms with Crippen molar-refractivity contribution in [3.8, 4) is 0 Å². The fourth-order valence-corrected chi connectivity index (χ4v) is 1.88. The minimum Gasteiger partial charge on any atom is -0.376 e. The molecule has 1 aromatic rings. The fourth-order valence-electron chi connectivity index (χ4n) is 1.88. The van der Waals surface area contributed by atoms with Crippen molar-refractivity contribution in [1.82, 2.24) is 0 Å². The summed E-state index contributed by atoms with van der Waals surface area (Å²) in [5, 5.41) is 0. The van der Waals surface area contributed by atoms with Crippen molar-refractivity contribution in [2.24, 2.45) is 16.5 Å². The second kappa shape index (κ2) is 6.22. The lowest BCUT2D eigenvalue weighted by Gasteiger charge is -2.16. The number of rotatable bonds is 3. The molecule has 0 aliphatic rings. The molecular formula is C14H21N3O2. The summed E-state index contributed by atoms with van der Waals surface area (Å²) in [4.78, 5) is 14.9. The van der Waals surface area contributed by atoms with Gasteiger partial charge in [-0.3, -0.25) is 0 Å². The van der Waals surface area contributed by atoms with E-state index in [-0.39, 0.29) is 6.02 Å². The molecule has 0 fully saturated rings. The van der Waals surface area contributed by atoms with Gasteiger partial charge in [-0.15, -0.1) is 0 Å². The first kappa shape index (κ1) is 15.0. The fraction of sp³-hybridized carbons (Fsp3) is 0.429. The summed E-state index contributed by atoms with van der Waals surface area (Å²) in [6.07, 6.45) is -0.964. The third kappa shape index (κ3) is 3.98. The van der Waals surface area contributed by atoms with E-state index in [1.54, 1.807) is 0 Å². The van der Waals surface area contributed by atoms with E-state index in [1.807, 2.05) is 18.2 Å². The Balaban J connectivity index is 3.32. The molecule has 0 unspecified atom stereocenters. The third-order valence-corrected chi connectivity index (χ3v) is 2.77. The van der Waals surface area contributed by atoms with Crippen LogP contribution in [0.15, 0.2) is 23.2 Å². The zero-order valence-corrected chi connectivity index (χ0v) is 11.8. The van der Waals surface area contributed by atoms with Crippen molar-refractivity contribution in [2.45, 2.75) is 39.5 Å². The molecule has 1 aromatic carbocycles. The van der Waals surface area contributed by atoms with Gasteiger partial charge in [0.15, 0.2) is 0 Å². The average Bonchev–Trinajstić information content (AvgIpc) is 2.27. The first-order valence-corrected chi connectivity index (χ1v) is 6.27. The average molecular weight is 263 g/mol. The number of para-hydroxylation sites is 1. The van der Waals surface area contributed by atoms with Crippen molar-refractivity contribution in [1.29, 1.82) is 0 Å². The smallest absolute Gasteiger partial charge is 0.376 e. The maximum Gasteiger partial charge on any atom is 0.412 e. The van der Waals surface area contributed by atoms with Crippen LogP contribution in [0.5, 0.6) is 0 Å². The minimum absolute atomic E-state index is 0.234. The lowest BCUT2D eigenvalue weighted by atomic mass is 9.93. The maximum absolute atomic E-state index is 10.7. The molecule has 104 valence electrons. The van der Waals surface area contributed by atoms with E-state index in [4.69, 9.17) is 11.5 Å². The predicted octanol–water partition coefficient (Wildman–Crippen LogP) is 2.97. The number of amidine groups is 1. The Kier molecular flexibility index (Phi) is 4.92. The molecule has 4 N–H and O–H groups in total. The standard InChI is InChI=1S/C14H21N3O2/c1-8(2)10-6-5-7-11(9(3)4)12(10)17-13(15)19-14(16)18/h5-9H,1-4H3,(H2,15,17)(H2,16,18). The molecule has 0 bridgehead atoms. The van der Waals surface area contributed by atoms with E-state index in [1.165, 1.54) is 0 Å². The molecule has 0 aliphatic carbocycles. The van der Waals surface area contributed by atoms with Gasteiger partial charge in [0.2, 0.25) is 0 Å². The first-order valence-electron chi connectivity index (χ1n) is 6.27. The quantitative estimate of drug-likeness (QED) is 0.648. The van der Waals surface area contributed by atoms with Gasteiger partial charge in [-0.25, -0.2) is 4.79 Å². The number of benzene rings is 1. The molecule has 0 heterocycles. The van der Waals surface area contributed by atoms with Crippen LogP contribution in [0, 0.1) is 0 Å². The molecule has 0 saturated carbocycles. The Morgan fingerprint density at radius 1 is 1.11 bits per heavy atom. The number of nitrogens with two attached hydrogens (primary N) is 2. The Labute approximate surface area is 113 Å². The zero-order valence-electron chi connectivity index (χ0n) is 11.8. The Morgan fingerprint density at radius 3 is 1.95 bits per heavy atom. The van der Waals surface area contributed by atoms with Crippen LogP contribution in [0.25, 0.3) is 0 Å². The van der Waals surface area contributed by atoms with Crippen molar-refractivity contribution in [3.05, 3.63) is 29.3 Å². The molecule has 0 saturated heterocycles. The summed E-state index contributed by atoms with van der Waals surface area (Å²) in [5.41, 5.74) is 13.4. The topological polar surface area (TPSA) is 90.7 Å². The van der Waals surface area contributed by atoms with Gasteiger partial charge < -0.3 is 16.2 Å². The molecule has 0 aliphatic heterocycles. The number of hydrogen-bond donors (Lipinski definition) is 2. The third-order valence-electron chi connectivity index (χ3n) is 2.77. The van der Waals surface area contributed by atoms with Crippen LogP contribution in [0.4, 0.5) is 10.5 Å². The summed E-state index contributed by atoms with van der Waals surface area (Å²) in [5.74, 6) is 0.581. The van der Waals surface area contributed by atoms with Crippen molar-refractivity contribution >= 4 is 17.8 Å². The predicted molar refractivity (Wildman–Crippen MR) is 76.6 cm³/mol. The number of amides is 1. The van der Waals surface area contributed by atoms with Crippen molar-refractivity contribution in [3.63, 3.8) is 0 Å². The molecule has 1 rings (SSSR count). The number of hydrogen-bond acceptors (Lipinski definition) is 3. The Morgan fingerprint density at radius 2 is 1.58 bits per heavy atom. The van der Waals surface area contributed by atoms with E-state index < -0.39 is 6.09 Å². The molecule has 0 spiro atoms. The first-order chi connectivity index (χ1) is 8.82. The number of carbonyl (C=O) groups is 1. The number of primary amides is 1. The summed E-state index contributed by atoms with van der Waals surface area (Å²) in [7, 11) is 0. The van der Waals surface area contributed by atoms with Crippen molar-refractivity contribution < 1.29 is 9.53 Å². The van der Waals surface area contributed by atoms with Gasteiger partial charge in [0.05, 0.1) is 5.69 Å². The number of carbonyl (C=O) groups excluding carboxylic acids is 1. The molecule has 0 aromatic heterocycles. The SMILES string of the molecule is CC(C)c1cccc(C(C)C)c1N=C(N)OC(N)=O. The van der Waals surface area contributed by atoms with Crippen LogP contribution in [-0.4, -0.2) is 12.1 Å². The van der Waals surface area contributed by atoms with E-state index >= 15 is 0 Å². The maximum atomic E-state index is 10.7. The summed E-state index contributed by atoms with van der Waals surface area (Å²) >= 11 is 0. The van der Waals surface area contributed by atoms with Crippen LogP contribution < -0.4 is 11.5 Å². The summed E-state index contributed by atoms with van der Waals surface area (Å²) in [6.45, 7) is 8.29. The lowest BCUT2D eigenvalue weighted by molar-refractivity contribution is 0.207. The van der Waals surface area contributed by atoms with Crippen molar-refractivity contribution in [2.75, 3.05) is 0 Å². The second-order valence-corrected chi connectivity index (χ2v) is 4.97. The normalized spacial score (nSPS) is 12.0. The van der Waals surface area contributed by atoms with Gasteiger partial charge in [0.1, 0.15) is 0 Å². The highest BCUT2D eigenvalue weighted by atomic mass is 16.6. The highest BCUT2D eigenvalue weighted by Gasteiger charge is 2.14. The van der Waals surface area contributed by atoms with E-state index in [0.29, 0.717) is 11.8 Å². The van der Waals surface area contributed by atoms with Gasteiger partial charge in [-0.05, 0) is 23.0 Å². The molecule has 0 atom stereocenters. The number of ether oxygens (including phenoxy) is 1. The lowest BCUT2D eigenvalue weighted by Crippen LogP contribution is -2.24. The van der Waals surface area contributed by atoms with E-state index in [2.05, 4.69) is 37.4 Å². The summed E-state index contributed by atoms with van der Waals surface area (Å²) < 4.78 is 4.59. The molecule has 1 amide bonds. The minimum atomic E-state index is -0.964. The molecular weight excluding hydrogens is 242 g/mol. The van der Waals surface area contributed by atoms with Crippen LogP contribution >= 0.6 is 0 Å². The number of aliphatic imine (C=N–C) groups is 1. The van der Waals surface area contributed by atoms with Gasteiger partial charge in [-0.2, -0.15) is 4.99 Å². The zero-order chi connectivity index (χ0) is 14.6. The van der Waals surface area contributed by atoms with Gasteiger partial charge in [0.25, 0.3) is 6.02 Å². The van der Waals surface area contributed by atoms with E-state index in [0.717, 1.165) is 16.8 Å². The van der Waals surface area contributed by atoms with Crippen LogP contribution in [-0.2, 0) is 4.74 Å². The largest absolute Gasteiger partial charge is 0.412 e. The van der Waals surface area contributed by atoms with Gasteiger partial charge in [-0.1, -0.05) is 45.9 Å². The van der Waals surface area contributed by atoms with Gasteiger partial charge >= 0.3 is 6.09 Å². The highest BCUT2D eigenvalue weighted by Crippen LogP contribution is 2.34. The monoisotopic (exact) mass is 263 g/mol. The van der Waals surface area contributed by atoms with Gasteiger partial charge in [0, 0.05) is 0 Å². The second-order valence-electron chi connectivity index (χ2n) is 4.97. The highest BCUT2D eigenvalue weighted by molar-refractivity contribution is 5.87. The molecule has 5 nitrogen and oxygen atoms in total. The molecule has 0 radical (unpaired) electrons. The van der Waals surface area contributed by atoms with E-state index in [9.17, 15) is 4.79 Å². The molecule has 19 heavy (non-hydrogen) atoms. The number of nitrogens with zero attached hydrogens (tertiary/aromatic N) is 1. The van der Waals surface area contributed by atoms with Crippen LogP contribution in [0.2, 0.25) is 0 Å². The van der Waals surface area contributed by atoms with Crippen LogP contribution in [0.1, 0.15) is 50.7 Å². The van der Waals surface area contributed by atoms with Crippen LogP contribution in [0.3, 0.4) is 0 Å². The Hall–Kier alpha value is -2.04. The summed E-state index contributed by atoms with van der Waals surface area (Å²) in [6, 6.07) is 5.75. The Bertz CT molecular complexity index is 467. The molecule has 5 heteroatoms.